The van der Waals surface area contributed by atoms with Gasteiger partial charge >= 0.3 is 5.97 Å². The number of ether oxygens (including phenoxy) is 3. The lowest BCUT2D eigenvalue weighted by Crippen LogP contribution is -2.29. The van der Waals surface area contributed by atoms with E-state index >= 15 is 0 Å². The third-order valence-corrected chi connectivity index (χ3v) is 5.69. The molecule has 0 unspecified atom stereocenters. The highest BCUT2D eigenvalue weighted by atomic mass is 32.2. The molecule has 1 aromatic carbocycles. The molecule has 158 valence electrons. The van der Waals surface area contributed by atoms with Gasteiger partial charge in [-0.1, -0.05) is 43.4 Å². The zero-order chi connectivity index (χ0) is 21.2. The molecule has 1 saturated heterocycles. The maximum atomic E-state index is 12.7. The summed E-state index contributed by atoms with van der Waals surface area (Å²) in [7, 11) is 3.15. The number of benzene rings is 1. The third-order valence-electron chi connectivity index (χ3n) is 4.31. The molecule has 1 amide bonds. The van der Waals surface area contributed by atoms with Gasteiger partial charge in [-0.2, -0.15) is 0 Å². The first kappa shape index (κ1) is 23.2. The lowest BCUT2D eigenvalue weighted by Gasteiger charge is -2.14. The van der Waals surface area contributed by atoms with Crippen molar-refractivity contribution in [2.75, 3.05) is 27.4 Å². The summed E-state index contributed by atoms with van der Waals surface area (Å²) in [6.07, 6.45) is 5.43. The second kappa shape index (κ2) is 11.8. The zero-order valence-electron chi connectivity index (χ0n) is 17.1. The molecular formula is C21H27NO5S2. The number of carbonyl (C=O) groups is 2. The molecule has 29 heavy (non-hydrogen) atoms. The van der Waals surface area contributed by atoms with E-state index in [-0.39, 0.29) is 11.9 Å². The number of amides is 1. The topological polar surface area (TPSA) is 65.1 Å². The summed E-state index contributed by atoms with van der Waals surface area (Å²) in [5.74, 6) is 0.998. The number of hydrogen-bond acceptors (Lipinski definition) is 7. The minimum Gasteiger partial charge on any atom is -0.493 e. The Morgan fingerprint density at radius 2 is 1.93 bits per heavy atom. The Balaban J connectivity index is 1.88. The Labute approximate surface area is 181 Å². The average Bonchev–Trinajstić information content (AvgIpc) is 2.98. The first-order valence-electron chi connectivity index (χ1n) is 9.63. The molecule has 1 aliphatic rings. The van der Waals surface area contributed by atoms with Crippen LogP contribution >= 0.6 is 24.0 Å². The molecule has 0 radical (unpaired) electrons. The van der Waals surface area contributed by atoms with E-state index in [1.165, 1.54) is 11.8 Å². The van der Waals surface area contributed by atoms with Crippen molar-refractivity contribution >= 4 is 46.3 Å². The number of methoxy groups -OCH3 is 2. The van der Waals surface area contributed by atoms with Gasteiger partial charge in [-0.3, -0.25) is 14.5 Å². The molecule has 6 nitrogen and oxygen atoms in total. The van der Waals surface area contributed by atoms with E-state index in [9.17, 15) is 9.59 Å². The van der Waals surface area contributed by atoms with Gasteiger partial charge in [-0.05, 0) is 43.0 Å². The fourth-order valence-corrected chi connectivity index (χ4v) is 4.10. The Morgan fingerprint density at radius 1 is 1.17 bits per heavy atom. The van der Waals surface area contributed by atoms with Crippen LogP contribution in [0.1, 0.15) is 44.6 Å². The largest absolute Gasteiger partial charge is 0.493 e. The molecule has 0 aliphatic carbocycles. The van der Waals surface area contributed by atoms with E-state index in [0.29, 0.717) is 40.3 Å². The molecule has 0 spiro atoms. The summed E-state index contributed by atoms with van der Waals surface area (Å²) in [4.78, 5) is 26.4. The van der Waals surface area contributed by atoms with Crippen molar-refractivity contribution in [3.8, 4) is 11.5 Å². The monoisotopic (exact) mass is 437 g/mol. The number of thiocarbonyl (C=S) groups is 1. The van der Waals surface area contributed by atoms with Crippen molar-refractivity contribution in [1.29, 1.82) is 0 Å². The maximum Gasteiger partial charge on any atom is 0.305 e. The van der Waals surface area contributed by atoms with Gasteiger partial charge in [0.15, 0.2) is 11.5 Å². The average molecular weight is 438 g/mol. The maximum absolute atomic E-state index is 12.7. The molecule has 1 heterocycles. The van der Waals surface area contributed by atoms with Crippen molar-refractivity contribution in [3.63, 3.8) is 0 Å². The Kier molecular flexibility index (Phi) is 9.47. The zero-order valence-corrected chi connectivity index (χ0v) is 18.7. The second-order valence-corrected chi connectivity index (χ2v) is 8.15. The Bertz CT molecular complexity index is 778. The van der Waals surface area contributed by atoms with Crippen LogP contribution in [0.25, 0.3) is 6.08 Å². The lowest BCUT2D eigenvalue weighted by molar-refractivity contribution is -0.143. The predicted molar refractivity (Wildman–Crippen MR) is 119 cm³/mol. The molecule has 1 aliphatic heterocycles. The quantitative estimate of drug-likeness (QED) is 0.220. The molecule has 2 rings (SSSR count). The molecular weight excluding hydrogens is 410 g/mol. The highest BCUT2D eigenvalue weighted by molar-refractivity contribution is 8.26. The van der Waals surface area contributed by atoms with E-state index in [0.717, 1.165) is 31.2 Å². The van der Waals surface area contributed by atoms with Crippen LogP contribution in [0.4, 0.5) is 0 Å². The fourth-order valence-electron chi connectivity index (χ4n) is 2.79. The number of esters is 1. The number of nitrogens with zero attached hydrogens (tertiary/aromatic N) is 1. The number of unbranched alkanes of at least 4 members (excludes halogenated alkanes) is 2. The number of carbonyl (C=O) groups excluding carboxylic acids is 2. The van der Waals surface area contributed by atoms with Crippen LogP contribution in [0.15, 0.2) is 23.1 Å². The van der Waals surface area contributed by atoms with Gasteiger partial charge in [-0.25, -0.2) is 0 Å². The SMILES string of the molecule is CCCOC(=O)CCCCCN1C(=O)C(=Cc2ccc(OC)c(OC)c2)SC1=S. The molecule has 1 fully saturated rings. The van der Waals surface area contributed by atoms with Gasteiger partial charge in [0, 0.05) is 13.0 Å². The van der Waals surface area contributed by atoms with Crippen LogP contribution in [0.5, 0.6) is 11.5 Å². The van der Waals surface area contributed by atoms with E-state index in [2.05, 4.69) is 0 Å². The van der Waals surface area contributed by atoms with Crippen LogP contribution in [-0.2, 0) is 14.3 Å². The van der Waals surface area contributed by atoms with E-state index in [1.54, 1.807) is 25.2 Å². The minimum absolute atomic E-state index is 0.0860. The molecule has 0 bridgehead atoms. The van der Waals surface area contributed by atoms with Crippen LogP contribution in [0.2, 0.25) is 0 Å². The summed E-state index contributed by atoms with van der Waals surface area (Å²) in [5, 5.41) is 0. The molecule has 1 aromatic rings. The summed E-state index contributed by atoms with van der Waals surface area (Å²) in [5.41, 5.74) is 0.841. The molecule has 0 saturated carbocycles. The predicted octanol–water partition coefficient (Wildman–Crippen LogP) is 4.42. The first-order valence-corrected chi connectivity index (χ1v) is 10.9. The third kappa shape index (κ3) is 6.75. The highest BCUT2D eigenvalue weighted by Gasteiger charge is 2.31. The van der Waals surface area contributed by atoms with Gasteiger partial charge in [0.05, 0.1) is 25.7 Å². The normalized spacial score (nSPS) is 15.1. The summed E-state index contributed by atoms with van der Waals surface area (Å²) < 4.78 is 16.2. The van der Waals surface area contributed by atoms with Gasteiger partial charge in [0.1, 0.15) is 4.32 Å². The number of hydrogen-bond donors (Lipinski definition) is 0. The van der Waals surface area contributed by atoms with Crippen LogP contribution in [0, 0.1) is 0 Å². The van der Waals surface area contributed by atoms with Gasteiger partial charge in [0.25, 0.3) is 5.91 Å². The van der Waals surface area contributed by atoms with Gasteiger partial charge in [-0.15, -0.1) is 0 Å². The number of rotatable bonds is 11. The van der Waals surface area contributed by atoms with E-state index in [1.807, 2.05) is 25.1 Å². The van der Waals surface area contributed by atoms with Crippen LogP contribution in [0.3, 0.4) is 0 Å². The highest BCUT2D eigenvalue weighted by Crippen LogP contribution is 2.34. The van der Waals surface area contributed by atoms with Crippen molar-refractivity contribution in [3.05, 3.63) is 28.7 Å². The van der Waals surface area contributed by atoms with Crippen molar-refractivity contribution in [1.82, 2.24) is 4.90 Å². The van der Waals surface area contributed by atoms with Gasteiger partial charge in [0.2, 0.25) is 0 Å². The van der Waals surface area contributed by atoms with Crippen LogP contribution < -0.4 is 9.47 Å². The lowest BCUT2D eigenvalue weighted by atomic mass is 10.1. The van der Waals surface area contributed by atoms with E-state index < -0.39 is 0 Å². The van der Waals surface area contributed by atoms with Crippen LogP contribution in [-0.4, -0.2) is 48.5 Å². The molecule has 8 heteroatoms. The fraction of sp³-hybridized carbons (Fsp3) is 0.476. The number of thioether (sulfide) groups is 1. The summed E-state index contributed by atoms with van der Waals surface area (Å²) >= 11 is 6.68. The van der Waals surface area contributed by atoms with Crippen molar-refractivity contribution < 1.29 is 23.8 Å². The second-order valence-electron chi connectivity index (χ2n) is 6.48. The molecule has 0 N–H and O–H groups in total. The first-order chi connectivity index (χ1) is 14.0. The smallest absolute Gasteiger partial charge is 0.305 e. The minimum atomic E-state index is -0.157. The van der Waals surface area contributed by atoms with Crippen molar-refractivity contribution in [2.24, 2.45) is 0 Å². The van der Waals surface area contributed by atoms with Gasteiger partial charge < -0.3 is 14.2 Å². The summed E-state index contributed by atoms with van der Waals surface area (Å²) in [6.45, 7) is 2.99. The molecule has 0 atom stereocenters. The Hall–Kier alpha value is -2.06. The summed E-state index contributed by atoms with van der Waals surface area (Å²) in [6, 6.07) is 5.49. The Morgan fingerprint density at radius 3 is 2.62 bits per heavy atom. The van der Waals surface area contributed by atoms with Crippen molar-refractivity contribution in [2.45, 2.75) is 39.0 Å². The molecule has 0 aromatic heterocycles. The van der Waals surface area contributed by atoms with E-state index in [4.69, 9.17) is 26.4 Å². The standard InChI is InChI=1S/C21H27NO5S2/c1-4-12-27-19(23)8-6-5-7-11-22-20(24)18(29-21(22)28)14-15-9-10-16(25-2)17(13-15)26-3/h9-10,13-14H,4-8,11-12H2,1-3H3.